The van der Waals surface area contributed by atoms with Gasteiger partial charge >= 0.3 is 0 Å². The summed E-state index contributed by atoms with van der Waals surface area (Å²) in [7, 11) is 1.53. The molecule has 0 aliphatic carbocycles. The van der Waals surface area contributed by atoms with E-state index in [1.165, 1.54) is 12.7 Å². The van der Waals surface area contributed by atoms with Crippen molar-refractivity contribution in [3.8, 4) is 5.75 Å². The third kappa shape index (κ3) is 5.21. The van der Waals surface area contributed by atoms with Crippen molar-refractivity contribution in [2.75, 3.05) is 24.3 Å². The minimum absolute atomic E-state index is 0.311. The highest BCUT2D eigenvalue weighted by atomic mass is 35.5. The van der Waals surface area contributed by atoms with Gasteiger partial charge in [-0.05, 0) is 42.3 Å². The van der Waals surface area contributed by atoms with Crippen molar-refractivity contribution >= 4 is 28.9 Å². The Bertz CT molecular complexity index is 899. The van der Waals surface area contributed by atoms with Crippen molar-refractivity contribution in [2.45, 2.75) is 6.42 Å². The summed E-state index contributed by atoms with van der Waals surface area (Å²) in [5.41, 5.74) is 2.94. The summed E-state index contributed by atoms with van der Waals surface area (Å²) in [4.78, 5) is 16.6. The molecular weight excluding hydrogens is 362 g/mol. The van der Waals surface area contributed by atoms with Crippen LogP contribution in [0.2, 0.25) is 5.02 Å². The van der Waals surface area contributed by atoms with Gasteiger partial charge in [0.2, 0.25) is 0 Å². The third-order valence-electron chi connectivity index (χ3n) is 3.99. The Kier molecular flexibility index (Phi) is 6.28. The number of benzene rings is 2. The topological polar surface area (TPSA) is 63.2 Å². The normalized spacial score (nSPS) is 10.3. The van der Waals surface area contributed by atoms with Crippen LogP contribution in [0.3, 0.4) is 0 Å². The number of rotatable bonds is 7. The van der Waals surface area contributed by atoms with Crippen LogP contribution in [0.1, 0.15) is 16.1 Å². The van der Waals surface area contributed by atoms with Crippen LogP contribution in [-0.4, -0.2) is 24.5 Å². The molecule has 0 bridgehead atoms. The Labute approximate surface area is 163 Å². The Morgan fingerprint density at radius 3 is 2.63 bits per heavy atom. The van der Waals surface area contributed by atoms with E-state index < -0.39 is 0 Å². The lowest BCUT2D eigenvalue weighted by Crippen LogP contribution is -2.14. The number of carbonyl (C=O) groups excluding carboxylic acids is 1. The number of halogens is 1. The lowest BCUT2D eigenvalue weighted by molar-refractivity contribution is 0.102. The number of methoxy groups -OCH3 is 1. The first kappa shape index (κ1) is 18.7. The second kappa shape index (κ2) is 9.05. The predicted molar refractivity (Wildman–Crippen MR) is 109 cm³/mol. The van der Waals surface area contributed by atoms with Crippen LogP contribution in [0, 0.1) is 0 Å². The number of amides is 1. The first-order valence-corrected chi connectivity index (χ1v) is 8.92. The maximum atomic E-state index is 12.4. The predicted octanol–water partition coefficient (Wildman–Crippen LogP) is 4.65. The molecule has 0 fully saturated rings. The van der Waals surface area contributed by atoms with E-state index in [2.05, 4.69) is 27.8 Å². The third-order valence-corrected chi connectivity index (χ3v) is 4.23. The lowest BCUT2D eigenvalue weighted by Gasteiger charge is -2.11. The summed E-state index contributed by atoms with van der Waals surface area (Å²) in [6.07, 6.45) is 2.56. The number of nitrogens with one attached hydrogen (secondary N) is 2. The first-order chi connectivity index (χ1) is 13.2. The largest absolute Gasteiger partial charge is 0.495 e. The molecule has 6 heteroatoms. The molecule has 0 aliphatic heterocycles. The van der Waals surface area contributed by atoms with Gasteiger partial charge in [-0.2, -0.15) is 0 Å². The molecule has 0 aliphatic rings. The molecule has 0 atom stereocenters. The molecule has 2 N–H and O–H groups in total. The van der Waals surface area contributed by atoms with Crippen LogP contribution in [0.4, 0.5) is 11.4 Å². The van der Waals surface area contributed by atoms with Crippen molar-refractivity contribution < 1.29 is 9.53 Å². The number of hydrogen-bond acceptors (Lipinski definition) is 4. The molecule has 2 aromatic carbocycles. The Balaban J connectivity index is 1.58. The summed E-state index contributed by atoms with van der Waals surface area (Å²) in [6, 6.07) is 18.8. The molecule has 3 aromatic rings. The van der Waals surface area contributed by atoms with Gasteiger partial charge in [-0.15, -0.1) is 0 Å². The maximum absolute atomic E-state index is 12.4. The van der Waals surface area contributed by atoms with Gasteiger partial charge < -0.3 is 15.4 Å². The smallest absolute Gasteiger partial charge is 0.274 e. The van der Waals surface area contributed by atoms with Gasteiger partial charge in [-0.1, -0.05) is 41.9 Å². The van der Waals surface area contributed by atoms with Crippen LogP contribution < -0.4 is 15.4 Å². The highest BCUT2D eigenvalue weighted by Gasteiger charge is 2.11. The second-order valence-corrected chi connectivity index (χ2v) is 6.33. The number of carbonyl (C=O) groups is 1. The van der Waals surface area contributed by atoms with E-state index in [4.69, 9.17) is 16.3 Å². The average Bonchev–Trinajstić information content (AvgIpc) is 2.69. The van der Waals surface area contributed by atoms with Crippen molar-refractivity contribution in [2.24, 2.45) is 0 Å². The van der Waals surface area contributed by atoms with E-state index in [1.807, 2.05) is 24.3 Å². The fraction of sp³-hybridized carbons (Fsp3) is 0.143. The standard InChI is InChI=1S/C21H20ClN3O2/c1-27-20-10-7-16(22)13-19(20)25-21(26)18-9-8-17(14-24-18)23-12-11-15-5-3-2-4-6-15/h2-10,13-14,23H,11-12H2,1H3,(H,25,26). The number of aromatic nitrogens is 1. The van der Waals surface area contributed by atoms with Gasteiger partial charge in [0.05, 0.1) is 24.7 Å². The van der Waals surface area contributed by atoms with Crippen LogP contribution in [-0.2, 0) is 6.42 Å². The number of anilines is 2. The van der Waals surface area contributed by atoms with Gasteiger partial charge in [-0.3, -0.25) is 4.79 Å². The van der Waals surface area contributed by atoms with Crippen molar-refractivity contribution in [3.63, 3.8) is 0 Å². The monoisotopic (exact) mass is 381 g/mol. The van der Waals surface area contributed by atoms with Crippen molar-refractivity contribution in [3.05, 3.63) is 83.1 Å². The molecule has 27 heavy (non-hydrogen) atoms. The average molecular weight is 382 g/mol. The fourth-order valence-electron chi connectivity index (χ4n) is 2.59. The highest BCUT2D eigenvalue weighted by Crippen LogP contribution is 2.28. The Morgan fingerprint density at radius 2 is 1.93 bits per heavy atom. The number of nitrogens with zero attached hydrogens (tertiary/aromatic N) is 1. The van der Waals surface area contributed by atoms with E-state index in [9.17, 15) is 4.79 Å². The molecule has 1 aromatic heterocycles. The second-order valence-electron chi connectivity index (χ2n) is 5.89. The molecule has 0 saturated heterocycles. The number of hydrogen-bond donors (Lipinski definition) is 2. The maximum Gasteiger partial charge on any atom is 0.274 e. The zero-order chi connectivity index (χ0) is 19.1. The molecule has 0 unspecified atom stereocenters. The van der Waals surface area contributed by atoms with Gasteiger partial charge in [-0.25, -0.2) is 4.98 Å². The van der Waals surface area contributed by atoms with E-state index in [0.29, 0.717) is 22.2 Å². The molecule has 0 spiro atoms. The summed E-state index contributed by atoms with van der Waals surface area (Å²) >= 11 is 5.99. The summed E-state index contributed by atoms with van der Waals surface area (Å²) < 4.78 is 5.23. The Morgan fingerprint density at radius 1 is 1.11 bits per heavy atom. The van der Waals surface area contributed by atoms with Gasteiger partial charge in [0.25, 0.3) is 5.91 Å². The van der Waals surface area contributed by atoms with Crippen LogP contribution >= 0.6 is 11.6 Å². The zero-order valence-corrected chi connectivity index (χ0v) is 15.7. The van der Waals surface area contributed by atoms with Gasteiger partial charge in [0.1, 0.15) is 11.4 Å². The molecular formula is C21H20ClN3O2. The molecule has 0 saturated carbocycles. The molecule has 1 heterocycles. The van der Waals surface area contributed by atoms with E-state index in [0.717, 1.165) is 18.7 Å². The first-order valence-electron chi connectivity index (χ1n) is 8.54. The minimum Gasteiger partial charge on any atom is -0.495 e. The highest BCUT2D eigenvalue weighted by molar-refractivity contribution is 6.31. The molecule has 0 radical (unpaired) electrons. The lowest BCUT2D eigenvalue weighted by atomic mass is 10.1. The quantitative estimate of drug-likeness (QED) is 0.625. The van der Waals surface area contributed by atoms with Gasteiger partial charge in [0, 0.05) is 11.6 Å². The van der Waals surface area contributed by atoms with E-state index in [1.54, 1.807) is 30.5 Å². The molecule has 138 valence electrons. The van der Waals surface area contributed by atoms with Crippen molar-refractivity contribution in [1.29, 1.82) is 0 Å². The van der Waals surface area contributed by atoms with Crippen LogP contribution in [0.5, 0.6) is 5.75 Å². The minimum atomic E-state index is -0.327. The molecule has 5 nitrogen and oxygen atoms in total. The Hall–Kier alpha value is -3.05. The van der Waals surface area contributed by atoms with Crippen molar-refractivity contribution in [1.82, 2.24) is 4.98 Å². The number of ether oxygens (including phenoxy) is 1. The summed E-state index contributed by atoms with van der Waals surface area (Å²) in [5, 5.41) is 6.59. The molecule has 3 rings (SSSR count). The van der Waals surface area contributed by atoms with E-state index in [-0.39, 0.29) is 5.91 Å². The zero-order valence-electron chi connectivity index (χ0n) is 14.9. The number of pyridine rings is 1. The molecule has 1 amide bonds. The van der Waals surface area contributed by atoms with Crippen LogP contribution in [0.25, 0.3) is 0 Å². The fourth-order valence-corrected chi connectivity index (χ4v) is 2.76. The SMILES string of the molecule is COc1ccc(Cl)cc1NC(=O)c1ccc(NCCc2ccccc2)cn1. The summed E-state index contributed by atoms with van der Waals surface area (Å²) in [5.74, 6) is 0.207. The van der Waals surface area contributed by atoms with E-state index >= 15 is 0 Å². The van der Waals surface area contributed by atoms with Gasteiger partial charge in [0.15, 0.2) is 0 Å². The van der Waals surface area contributed by atoms with Crippen LogP contribution in [0.15, 0.2) is 66.9 Å². The summed E-state index contributed by atoms with van der Waals surface area (Å²) in [6.45, 7) is 0.789.